The number of para-hydroxylation sites is 1. The first kappa shape index (κ1) is 16.2. The molecule has 1 heterocycles. The molecule has 1 amide bonds. The predicted molar refractivity (Wildman–Crippen MR) is 95.1 cm³/mol. The van der Waals surface area contributed by atoms with Gasteiger partial charge in [-0.1, -0.05) is 18.2 Å². The minimum atomic E-state index is -0.388. The molecule has 0 aliphatic rings. The molecule has 0 saturated heterocycles. The van der Waals surface area contributed by atoms with Gasteiger partial charge in [-0.3, -0.25) is 4.79 Å². The standard InChI is InChI=1S/C17H15FN4OS/c18-11-4-3-5-12(8-11)20-16(23)10-24-9-15-21-14-7-2-1-6-13(14)17(19)22-15/h1-8H,9-10H2,(H,20,23)(H2,19,21,22). The van der Waals surface area contributed by atoms with E-state index >= 15 is 0 Å². The first-order valence-electron chi connectivity index (χ1n) is 7.26. The van der Waals surface area contributed by atoms with E-state index < -0.39 is 0 Å². The zero-order valence-corrected chi connectivity index (χ0v) is 13.5. The maximum absolute atomic E-state index is 13.1. The van der Waals surface area contributed by atoms with Crippen LogP contribution < -0.4 is 11.1 Å². The smallest absolute Gasteiger partial charge is 0.234 e. The van der Waals surface area contributed by atoms with Crippen LogP contribution in [-0.4, -0.2) is 21.6 Å². The summed E-state index contributed by atoms with van der Waals surface area (Å²) in [5.74, 6) is 1.09. The number of nitrogen functional groups attached to an aromatic ring is 1. The Morgan fingerprint density at radius 2 is 2.00 bits per heavy atom. The van der Waals surface area contributed by atoms with E-state index in [0.29, 0.717) is 23.1 Å². The summed E-state index contributed by atoms with van der Waals surface area (Å²) in [6, 6.07) is 13.3. The Labute approximate surface area is 142 Å². The van der Waals surface area contributed by atoms with Crippen LogP contribution in [0.2, 0.25) is 0 Å². The van der Waals surface area contributed by atoms with E-state index in [9.17, 15) is 9.18 Å². The normalized spacial score (nSPS) is 10.7. The fourth-order valence-corrected chi connectivity index (χ4v) is 2.89. The molecule has 0 bridgehead atoms. The lowest BCUT2D eigenvalue weighted by atomic mass is 10.2. The summed E-state index contributed by atoms with van der Waals surface area (Å²) >= 11 is 1.37. The van der Waals surface area contributed by atoms with Gasteiger partial charge in [0.2, 0.25) is 5.91 Å². The van der Waals surface area contributed by atoms with Crippen LogP contribution >= 0.6 is 11.8 Å². The van der Waals surface area contributed by atoms with E-state index in [1.54, 1.807) is 12.1 Å². The van der Waals surface area contributed by atoms with Crippen molar-refractivity contribution in [2.45, 2.75) is 5.75 Å². The molecule has 1 aromatic heterocycles. The second-order valence-corrected chi connectivity index (χ2v) is 6.08. The lowest BCUT2D eigenvalue weighted by Gasteiger charge is -2.06. The number of anilines is 2. The van der Waals surface area contributed by atoms with E-state index in [1.165, 1.54) is 23.9 Å². The predicted octanol–water partition coefficient (Wildman–Crippen LogP) is 3.22. The maximum Gasteiger partial charge on any atom is 0.234 e. The molecule has 0 spiro atoms. The van der Waals surface area contributed by atoms with E-state index in [2.05, 4.69) is 15.3 Å². The third-order valence-corrected chi connectivity index (χ3v) is 4.18. The molecule has 0 aliphatic carbocycles. The highest BCUT2D eigenvalue weighted by Crippen LogP contribution is 2.19. The molecule has 0 atom stereocenters. The fraction of sp³-hybridized carbons (Fsp3) is 0.118. The number of carbonyl (C=O) groups excluding carboxylic acids is 1. The van der Waals surface area contributed by atoms with Crippen molar-refractivity contribution in [3.63, 3.8) is 0 Å². The summed E-state index contributed by atoms with van der Waals surface area (Å²) in [5, 5.41) is 3.46. The van der Waals surface area contributed by atoms with Gasteiger partial charge < -0.3 is 11.1 Å². The molecule has 122 valence electrons. The van der Waals surface area contributed by atoms with Crippen LogP contribution in [0.3, 0.4) is 0 Å². The van der Waals surface area contributed by atoms with Gasteiger partial charge >= 0.3 is 0 Å². The van der Waals surface area contributed by atoms with Gasteiger partial charge in [0.1, 0.15) is 17.5 Å². The molecule has 0 radical (unpaired) electrons. The van der Waals surface area contributed by atoms with E-state index in [4.69, 9.17) is 5.73 Å². The maximum atomic E-state index is 13.1. The zero-order valence-electron chi connectivity index (χ0n) is 12.7. The van der Waals surface area contributed by atoms with E-state index in [1.807, 2.05) is 24.3 Å². The molecule has 0 saturated carbocycles. The number of carbonyl (C=O) groups is 1. The molecule has 7 heteroatoms. The fourth-order valence-electron chi connectivity index (χ4n) is 2.21. The van der Waals surface area contributed by atoms with Crippen molar-refractivity contribution >= 4 is 40.1 Å². The number of rotatable bonds is 5. The summed E-state index contributed by atoms with van der Waals surface area (Å²) in [6.45, 7) is 0. The van der Waals surface area contributed by atoms with Gasteiger partial charge in [0.05, 0.1) is 17.0 Å². The van der Waals surface area contributed by atoms with Gasteiger partial charge in [0.15, 0.2) is 0 Å². The summed E-state index contributed by atoms with van der Waals surface area (Å²) < 4.78 is 13.1. The number of benzene rings is 2. The van der Waals surface area contributed by atoms with E-state index in [0.717, 1.165) is 10.9 Å². The Bertz CT molecular complexity index is 887. The second kappa shape index (κ2) is 7.27. The Hall–Kier alpha value is -2.67. The number of amides is 1. The topological polar surface area (TPSA) is 80.9 Å². The summed E-state index contributed by atoms with van der Waals surface area (Å²) in [5.41, 5.74) is 7.15. The van der Waals surface area contributed by atoms with Crippen LogP contribution in [0.15, 0.2) is 48.5 Å². The van der Waals surface area contributed by atoms with Crippen LogP contribution in [0, 0.1) is 5.82 Å². The number of thioether (sulfide) groups is 1. The van der Waals surface area contributed by atoms with Crippen molar-refractivity contribution in [3.05, 3.63) is 60.2 Å². The molecular formula is C17H15FN4OS. The SMILES string of the molecule is Nc1nc(CSCC(=O)Nc2cccc(F)c2)nc2ccccc12. The van der Waals surface area contributed by atoms with Crippen molar-refractivity contribution < 1.29 is 9.18 Å². The van der Waals surface area contributed by atoms with Crippen LogP contribution in [0.5, 0.6) is 0 Å². The Kier molecular flexibility index (Phi) is 4.90. The average molecular weight is 342 g/mol. The van der Waals surface area contributed by atoms with Gasteiger partial charge in [-0.15, -0.1) is 11.8 Å². The van der Waals surface area contributed by atoms with Gasteiger partial charge in [-0.2, -0.15) is 0 Å². The summed E-state index contributed by atoms with van der Waals surface area (Å²) in [6.07, 6.45) is 0. The number of fused-ring (bicyclic) bond motifs is 1. The molecule has 0 aliphatic heterocycles. The number of hydrogen-bond acceptors (Lipinski definition) is 5. The monoisotopic (exact) mass is 342 g/mol. The van der Waals surface area contributed by atoms with Crippen LogP contribution in [0.25, 0.3) is 10.9 Å². The van der Waals surface area contributed by atoms with Crippen LogP contribution in [-0.2, 0) is 10.5 Å². The van der Waals surface area contributed by atoms with Crippen molar-refractivity contribution in [2.75, 3.05) is 16.8 Å². The minimum absolute atomic E-state index is 0.209. The third-order valence-electron chi connectivity index (χ3n) is 3.25. The largest absolute Gasteiger partial charge is 0.383 e. The van der Waals surface area contributed by atoms with Crippen molar-refractivity contribution in [1.82, 2.24) is 9.97 Å². The molecule has 3 N–H and O–H groups in total. The number of hydrogen-bond donors (Lipinski definition) is 2. The molecule has 0 fully saturated rings. The Morgan fingerprint density at radius 1 is 1.17 bits per heavy atom. The molecule has 24 heavy (non-hydrogen) atoms. The lowest BCUT2D eigenvalue weighted by Crippen LogP contribution is -2.14. The number of halogens is 1. The molecule has 2 aromatic carbocycles. The third kappa shape index (κ3) is 3.99. The van der Waals surface area contributed by atoms with Crippen molar-refractivity contribution in [3.8, 4) is 0 Å². The molecule has 0 unspecified atom stereocenters. The number of aromatic nitrogens is 2. The summed E-state index contributed by atoms with van der Waals surface area (Å²) in [7, 11) is 0. The highest BCUT2D eigenvalue weighted by Gasteiger charge is 2.07. The number of nitrogens with zero attached hydrogens (tertiary/aromatic N) is 2. The molecule has 3 rings (SSSR count). The quantitative estimate of drug-likeness (QED) is 0.744. The number of nitrogens with two attached hydrogens (primary N) is 1. The highest BCUT2D eigenvalue weighted by atomic mass is 32.2. The molecule has 3 aromatic rings. The van der Waals surface area contributed by atoms with Crippen molar-refractivity contribution in [1.29, 1.82) is 0 Å². The van der Waals surface area contributed by atoms with E-state index in [-0.39, 0.29) is 17.5 Å². The Balaban J connectivity index is 1.57. The lowest BCUT2D eigenvalue weighted by molar-refractivity contribution is -0.113. The Morgan fingerprint density at radius 3 is 2.83 bits per heavy atom. The van der Waals surface area contributed by atoms with Gasteiger partial charge in [0.25, 0.3) is 0 Å². The molecular weight excluding hydrogens is 327 g/mol. The first-order valence-corrected chi connectivity index (χ1v) is 8.41. The highest BCUT2D eigenvalue weighted by molar-refractivity contribution is 7.99. The van der Waals surface area contributed by atoms with Gasteiger partial charge in [-0.25, -0.2) is 14.4 Å². The van der Waals surface area contributed by atoms with Gasteiger partial charge in [0, 0.05) is 11.1 Å². The van der Waals surface area contributed by atoms with Gasteiger partial charge in [-0.05, 0) is 30.3 Å². The average Bonchev–Trinajstić information content (AvgIpc) is 2.55. The second-order valence-electron chi connectivity index (χ2n) is 5.09. The minimum Gasteiger partial charge on any atom is -0.383 e. The molecule has 5 nitrogen and oxygen atoms in total. The van der Waals surface area contributed by atoms with Crippen LogP contribution in [0.1, 0.15) is 5.82 Å². The number of nitrogens with one attached hydrogen (secondary N) is 1. The van der Waals surface area contributed by atoms with Crippen molar-refractivity contribution in [2.24, 2.45) is 0 Å². The first-order chi connectivity index (χ1) is 11.6. The zero-order chi connectivity index (χ0) is 16.9. The van der Waals surface area contributed by atoms with Crippen LogP contribution in [0.4, 0.5) is 15.9 Å². The summed E-state index contributed by atoms with van der Waals surface area (Å²) in [4.78, 5) is 20.6.